The molecule has 1 N–H and O–H groups in total. The van der Waals surface area contributed by atoms with Gasteiger partial charge in [0, 0.05) is 39.5 Å². The number of likely N-dealkylation sites (N-methyl/N-ethyl adjacent to an activating group) is 1. The van der Waals surface area contributed by atoms with Crippen molar-refractivity contribution >= 4 is 0 Å². The number of hydrogen-bond donors (Lipinski definition) is 1. The molecule has 0 aliphatic rings. The Morgan fingerprint density at radius 2 is 2.31 bits per heavy atom. The van der Waals surface area contributed by atoms with Crippen molar-refractivity contribution in [1.29, 1.82) is 0 Å². The second kappa shape index (κ2) is 8.15. The topological polar surface area (TPSA) is 50.3 Å². The molecule has 0 saturated heterocycles. The fourth-order valence-electron chi connectivity index (χ4n) is 1.27. The molecule has 0 amide bonds. The lowest BCUT2D eigenvalue weighted by Crippen LogP contribution is -2.31. The molecule has 5 nitrogen and oxygen atoms in total. The first-order chi connectivity index (χ1) is 7.83. The number of methoxy groups -OCH3 is 1. The Bertz CT molecular complexity index is 268. The summed E-state index contributed by atoms with van der Waals surface area (Å²) < 4.78 is 5.01. The Labute approximate surface area is 96.8 Å². The molecule has 90 valence electrons. The van der Waals surface area contributed by atoms with Crippen molar-refractivity contribution in [2.45, 2.75) is 6.54 Å². The van der Waals surface area contributed by atoms with Crippen molar-refractivity contribution in [3.8, 4) is 0 Å². The smallest absolute Gasteiger partial charge is 0.115 e. The van der Waals surface area contributed by atoms with E-state index in [1.165, 1.54) is 0 Å². The van der Waals surface area contributed by atoms with E-state index in [9.17, 15) is 0 Å². The minimum atomic E-state index is 0.780. The largest absolute Gasteiger partial charge is 0.383 e. The zero-order valence-electron chi connectivity index (χ0n) is 10.0. The minimum absolute atomic E-state index is 0.780. The molecule has 1 aromatic rings. The van der Waals surface area contributed by atoms with Gasteiger partial charge in [0.25, 0.3) is 0 Å². The van der Waals surface area contributed by atoms with Crippen LogP contribution in [0, 0.1) is 0 Å². The first kappa shape index (κ1) is 13.0. The van der Waals surface area contributed by atoms with Crippen LogP contribution in [0.1, 0.15) is 5.69 Å². The van der Waals surface area contributed by atoms with Gasteiger partial charge >= 0.3 is 0 Å². The predicted octanol–water partition coefficient (Wildman–Crippen LogP) is 0.144. The molecule has 0 aliphatic heterocycles. The van der Waals surface area contributed by atoms with Crippen molar-refractivity contribution in [1.82, 2.24) is 20.2 Å². The molecule has 0 aromatic carbocycles. The highest BCUT2D eigenvalue weighted by atomic mass is 16.5. The van der Waals surface area contributed by atoms with Gasteiger partial charge in [-0.15, -0.1) is 0 Å². The third-order valence-corrected chi connectivity index (χ3v) is 2.30. The van der Waals surface area contributed by atoms with Gasteiger partial charge in [-0.2, -0.15) is 0 Å². The van der Waals surface area contributed by atoms with Gasteiger partial charge in [-0.25, -0.2) is 9.97 Å². The predicted molar refractivity (Wildman–Crippen MR) is 63.1 cm³/mol. The molecular weight excluding hydrogens is 204 g/mol. The van der Waals surface area contributed by atoms with E-state index in [1.807, 2.05) is 6.07 Å². The summed E-state index contributed by atoms with van der Waals surface area (Å²) in [4.78, 5) is 10.2. The highest BCUT2D eigenvalue weighted by Crippen LogP contribution is 1.89. The zero-order chi connectivity index (χ0) is 11.6. The second-order valence-corrected chi connectivity index (χ2v) is 3.67. The van der Waals surface area contributed by atoms with Crippen molar-refractivity contribution in [2.75, 3.05) is 40.4 Å². The van der Waals surface area contributed by atoms with E-state index in [0.717, 1.165) is 38.5 Å². The van der Waals surface area contributed by atoms with E-state index in [-0.39, 0.29) is 0 Å². The van der Waals surface area contributed by atoms with Crippen LogP contribution in [-0.4, -0.2) is 55.3 Å². The summed E-state index contributed by atoms with van der Waals surface area (Å²) in [6.45, 7) is 4.49. The number of ether oxygens (including phenoxy) is 1. The maximum absolute atomic E-state index is 5.01. The average molecular weight is 224 g/mol. The Kier molecular flexibility index (Phi) is 6.64. The molecule has 16 heavy (non-hydrogen) atoms. The highest BCUT2D eigenvalue weighted by molar-refractivity contribution is 4.96. The van der Waals surface area contributed by atoms with Crippen LogP contribution >= 0.6 is 0 Å². The van der Waals surface area contributed by atoms with Crippen LogP contribution in [0.3, 0.4) is 0 Å². The molecule has 0 saturated carbocycles. The molecule has 0 radical (unpaired) electrons. The number of hydrogen-bond acceptors (Lipinski definition) is 5. The van der Waals surface area contributed by atoms with Gasteiger partial charge in [0.15, 0.2) is 0 Å². The molecule has 0 spiro atoms. The summed E-state index contributed by atoms with van der Waals surface area (Å²) in [6.07, 6.45) is 3.33. The number of rotatable bonds is 8. The standard InChI is InChI=1S/C11H20N4O/c1-15(7-8-16-2)6-5-12-9-11-3-4-13-10-14-11/h3-4,10,12H,5-9H2,1-2H3. The average Bonchev–Trinajstić information content (AvgIpc) is 2.33. The SMILES string of the molecule is COCCN(C)CCNCc1ccncn1. The summed E-state index contributed by atoms with van der Waals surface area (Å²) in [5, 5.41) is 3.34. The summed E-state index contributed by atoms with van der Waals surface area (Å²) in [5.41, 5.74) is 1.02. The molecule has 0 atom stereocenters. The van der Waals surface area contributed by atoms with Gasteiger partial charge < -0.3 is 15.0 Å². The van der Waals surface area contributed by atoms with Crippen LogP contribution in [0.25, 0.3) is 0 Å². The molecule has 1 rings (SSSR count). The fraction of sp³-hybridized carbons (Fsp3) is 0.636. The monoisotopic (exact) mass is 224 g/mol. The molecule has 0 bridgehead atoms. The van der Waals surface area contributed by atoms with Crippen molar-refractivity contribution in [2.24, 2.45) is 0 Å². The summed E-state index contributed by atoms with van der Waals surface area (Å²) in [5.74, 6) is 0. The van der Waals surface area contributed by atoms with E-state index in [0.29, 0.717) is 0 Å². The van der Waals surface area contributed by atoms with Crippen molar-refractivity contribution in [3.05, 3.63) is 24.3 Å². The molecule has 1 heterocycles. The normalized spacial score (nSPS) is 10.9. The second-order valence-electron chi connectivity index (χ2n) is 3.67. The van der Waals surface area contributed by atoms with Crippen LogP contribution in [-0.2, 0) is 11.3 Å². The number of nitrogens with one attached hydrogen (secondary N) is 1. The van der Waals surface area contributed by atoms with Gasteiger partial charge in [0.2, 0.25) is 0 Å². The molecule has 0 fully saturated rings. The minimum Gasteiger partial charge on any atom is -0.383 e. The zero-order valence-corrected chi connectivity index (χ0v) is 10.0. The van der Waals surface area contributed by atoms with Crippen LogP contribution in [0.15, 0.2) is 18.6 Å². The maximum atomic E-state index is 5.01. The maximum Gasteiger partial charge on any atom is 0.115 e. The summed E-state index contributed by atoms with van der Waals surface area (Å²) in [7, 11) is 3.81. The number of nitrogens with zero attached hydrogens (tertiary/aromatic N) is 3. The van der Waals surface area contributed by atoms with E-state index >= 15 is 0 Å². The highest BCUT2D eigenvalue weighted by Gasteiger charge is 1.97. The Morgan fingerprint density at radius 1 is 1.44 bits per heavy atom. The summed E-state index contributed by atoms with van der Waals surface area (Å²) >= 11 is 0. The molecule has 0 unspecified atom stereocenters. The van der Waals surface area contributed by atoms with Crippen LogP contribution in [0.4, 0.5) is 0 Å². The lowest BCUT2D eigenvalue weighted by Gasteiger charge is -2.15. The van der Waals surface area contributed by atoms with Crippen LogP contribution in [0.2, 0.25) is 0 Å². The van der Waals surface area contributed by atoms with Gasteiger partial charge in [-0.1, -0.05) is 0 Å². The fourth-order valence-corrected chi connectivity index (χ4v) is 1.27. The van der Waals surface area contributed by atoms with Crippen LogP contribution in [0.5, 0.6) is 0 Å². The molecular formula is C11H20N4O. The van der Waals surface area contributed by atoms with Crippen molar-refractivity contribution < 1.29 is 4.74 Å². The third kappa shape index (κ3) is 5.75. The van der Waals surface area contributed by atoms with E-state index < -0.39 is 0 Å². The lowest BCUT2D eigenvalue weighted by molar-refractivity contribution is 0.161. The summed E-state index contributed by atoms with van der Waals surface area (Å²) in [6, 6.07) is 1.92. The Hall–Kier alpha value is -1.04. The Balaban J connectivity index is 2.03. The third-order valence-electron chi connectivity index (χ3n) is 2.30. The van der Waals surface area contributed by atoms with E-state index in [1.54, 1.807) is 19.6 Å². The van der Waals surface area contributed by atoms with Crippen molar-refractivity contribution in [3.63, 3.8) is 0 Å². The van der Waals surface area contributed by atoms with Gasteiger partial charge in [0.05, 0.1) is 12.3 Å². The quantitative estimate of drug-likeness (QED) is 0.637. The van der Waals surface area contributed by atoms with E-state index in [4.69, 9.17) is 4.74 Å². The first-order valence-electron chi connectivity index (χ1n) is 5.46. The van der Waals surface area contributed by atoms with Gasteiger partial charge in [-0.05, 0) is 13.1 Å². The molecule has 1 aromatic heterocycles. The lowest BCUT2D eigenvalue weighted by atomic mass is 10.4. The van der Waals surface area contributed by atoms with Gasteiger partial charge in [-0.3, -0.25) is 0 Å². The molecule has 0 aliphatic carbocycles. The van der Waals surface area contributed by atoms with Gasteiger partial charge in [0.1, 0.15) is 6.33 Å². The first-order valence-corrected chi connectivity index (χ1v) is 5.46. The Morgan fingerprint density at radius 3 is 3.00 bits per heavy atom. The van der Waals surface area contributed by atoms with E-state index in [2.05, 4.69) is 27.2 Å². The van der Waals surface area contributed by atoms with Crippen LogP contribution < -0.4 is 5.32 Å². The molecule has 5 heteroatoms. The number of aromatic nitrogens is 2.